The molecule has 1 N–H and O–H groups in total. The summed E-state index contributed by atoms with van der Waals surface area (Å²) in [6.45, 7) is 6.66. The molecule has 3 atom stereocenters. The highest BCUT2D eigenvalue weighted by atomic mass is 35.5. The first-order valence-electron chi connectivity index (χ1n) is 8.28. The summed E-state index contributed by atoms with van der Waals surface area (Å²) in [6.07, 6.45) is 6.38. The standard InChI is InChI=1S/C18H28ClNO/c1-14-6-5-7-18(15(14)2)20-12-3-4-13-21-17-10-8-16(19)9-11-17/h8-11,14-15,18,20H,3-7,12-13H2,1-2H3/t14-,15-,18+/m1/s1. The highest BCUT2D eigenvalue weighted by Crippen LogP contribution is 2.29. The summed E-state index contributed by atoms with van der Waals surface area (Å²) in [5.41, 5.74) is 0. The van der Waals surface area contributed by atoms with Gasteiger partial charge in [-0.25, -0.2) is 0 Å². The largest absolute Gasteiger partial charge is 0.494 e. The van der Waals surface area contributed by atoms with E-state index >= 15 is 0 Å². The molecule has 2 nitrogen and oxygen atoms in total. The molecule has 1 aliphatic rings. The van der Waals surface area contributed by atoms with Crippen LogP contribution < -0.4 is 10.1 Å². The van der Waals surface area contributed by atoms with Crippen molar-refractivity contribution >= 4 is 11.6 Å². The lowest BCUT2D eigenvalue weighted by atomic mass is 9.78. The molecule has 1 fully saturated rings. The van der Waals surface area contributed by atoms with Crippen LogP contribution in [0, 0.1) is 11.8 Å². The van der Waals surface area contributed by atoms with Gasteiger partial charge in [0.1, 0.15) is 5.75 Å². The van der Waals surface area contributed by atoms with Gasteiger partial charge in [0.15, 0.2) is 0 Å². The van der Waals surface area contributed by atoms with Crippen molar-refractivity contribution in [2.24, 2.45) is 11.8 Å². The summed E-state index contributed by atoms with van der Waals surface area (Å²) < 4.78 is 5.70. The molecule has 1 saturated carbocycles. The normalized spacial score (nSPS) is 25.8. The smallest absolute Gasteiger partial charge is 0.119 e. The molecule has 0 aromatic heterocycles. The van der Waals surface area contributed by atoms with Crippen LogP contribution in [0.4, 0.5) is 0 Å². The van der Waals surface area contributed by atoms with E-state index in [0.29, 0.717) is 6.04 Å². The summed E-state index contributed by atoms with van der Waals surface area (Å²) in [4.78, 5) is 0. The quantitative estimate of drug-likeness (QED) is 0.722. The van der Waals surface area contributed by atoms with E-state index in [1.165, 1.54) is 25.7 Å². The van der Waals surface area contributed by atoms with Crippen molar-refractivity contribution in [2.75, 3.05) is 13.2 Å². The molecule has 21 heavy (non-hydrogen) atoms. The van der Waals surface area contributed by atoms with Crippen molar-refractivity contribution in [2.45, 2.75) is 52.0 Å². The van der Waals surface area contributed by atoms with Gasteiger partial charge >= 0.3 is 0 Å². The van der Waals surface area contributed by atoms with Crippen molar-refractivity contribution in [1.29, 1.82) is 0 Å². The highest BCUT2D eigenvalue weighted by Gasteiger charge is 2.26. The van der Waals surface area contributed by atoms with E-state index in [4.69, 9.17) is 16.3 Å². The minimum atomic E-state index is 0.714. The Morgan fingerprint density at radius 2 is 1.90 bits per heavy atom. The molecule has 0 unspecified atom stereocenters. The number of halogens is 1. The SMILES string of the molecule is C[C@@H]1[C@H](C)CCC[C@@H]1NCCCCOc1ccc(Cl)cc1. The Bertz CT molecular complexity index is 406. The zero-order valence-corrected chi connectivity index (χ0v) is 14.0. The first-order chi connectivity index (χ1) is 10.2. The first kappa shape index (κ1) is 16.6. The molecular formula is C18H28ClNO. The van der Waals surface area contributed by atoms with E-state index in [1.54, 1.807) is 0 Å². The van der Waals surface area contributed by atoms with E-state index in [0.717, 1.165) is 42.2 Å². The Balaban J connectivity index is 1.55. The van der Waals surface area contributed by atoms with Gasteiger partial charge in [0, 0.05) is 11.1 Å². The summed E-state index contributed by atoms with van der Waals surface area (Å²) in [5.74, 6) is 2.58. The van der Waals surface area contributed by atoms with Crippen LogP contribution in [0.1, 0.15) is 46.0 Å². The molecule has 3 heteroatoms. The lowest BCUT2D eigenvalue weighted by Crippen LogP contribution is -2.41. The van der Waals surface area contributed by atoms with Gasteiger partial charge in [0.05, 0.1) is 6.61 Å². The highest BCUT2D eigenvalue weighted by molar-refractivity contribution is 6.30. The van der Waals surface area contributed by atoms with Crippen molar-refractivity contribution in [1.82, 2.24) is 5.32 Å². The third kappa shape index (κ3) is 5.52. The number of unbranched alkanes of at least 4 members (excludes halogenated alkanes) is 1. The minimum Gasteiger partial charge on any atom is -0.494 e. The van der Waals surface area contributed by atoms with Gasteiger partial charge in [-0.05, 0) is 61.9 Å². The molecule has 0 bridgehead atoms. The third-order valence-corrected chi connectivity index (χ3v) is 5.02. The van der Waals surface area contributed by atoms with Crippen LogP contribution in [0.15, 0.2) is 24.3 Å². The van der Waals surface area contributed by atoms with E-state index < -0.39 is 0 Å². The molecule has 0 saturated heterocycles. The topological polar surface area (TPSA) is 21.3 Å². The Morgan fingerprint density at radius 1 is 1.14 bits per heavy atom. The first-order valence-corrected chi connectivity index (χ1v) is 8.66. The Hall–Kier alpha value is -0.730. The van der Waals surface area contributed by atoms with Gasteiger partial charge in [-0.1, -0.05) is 38.3 Å². The summed E-state index contributed by atoms with van der Waals surface area (Å²) in [7, 11) is 0. The average Bonchev–Trinajstić information content (AvgIpc) is 2.49. The Labute approximate surface area is 134 Å². The van der Waals surface area contributed by atoms with Gasteiger partial charge in [-0.2, -0.15) is 0 Å². The van der Waals surface area contributed by atoms with E-state index in [1.807, 2.05) is 24.3 Å². The van der Waals surface area contributed by atoms with Crippen LogP contribution in [0.2, 0.25) is 5.02 Å². The summed E-state index contributed by atoms with van der Waals surface area (Å²) in [6, 6.07) is 8.29. The van der Waals surface area contributed by atoms with E-state index in [2.05, 4.69) is 19.2 Å². The number of benzene rings is 1. The molecule has 1 aromatic carbocycles. The van der Waals surface area contributed by atoms with Crippen molar-refractivity contribution in [3.63, 3.8) is 0 Å². The molecule has 1 aromatic rings. The second kappa shape index (κ2) is 8.65. The second-order valence-corrected chi connectivity index (χ2v) is 6.77. The van der Waals surface area contributed by atoms with Crippen LogP contribution in [0.3, 0.4) is 0 Å². The number of nitrogens with one attached hydrogen (secondary N) is 1. The maximum atomic E-state index is 5.85. The molecule has 0 amide bonds. The molecule has 0 radical (unpaired) electrons. The fraction of sp³-hybridized carbons (Fsp3) is 0.667. The Kier molecular flexibility index (Phi) is 6.85. The minimum absolute atomic E-state index is 0.714. The predicted molar refractivity (Wildman–Crippen MR) is 90.2 cm³/mol. The number of hydrogen-bond donors (Lipinski definition) is 1. The summed E-state index contributed by atoms with van der Waals surface area (Å²) >= 11 is 5.85. The monoisotopic (exact) mass is 309 g/mol. The van der Waals surface area contributed by atoms with Crippen molar-refractivity contribution in [3.05, 3.63) is 29.3 Å². The van der Waals surface area contributed by atoms with E-state index in [9.17, 15) is 0 Å². The molecular weight excluding hydrogens is 282 g/mol. The second-order valence-electron chi connectivity index (χ2n) is 6.34. The van der Waals surface area contributed by atoms with Crippen LogP contribution >= 0.6 is 11.6 Å². The molecule has 0 heterocycles. The van der Waals surface area contributed by atoms with Gasteiger partial charge < -0.3 is 10.1 Å². The number of hydrogen-bond acceptors (Lipinski definition) is 2. The van der Waals surface area contributed by atoms with Crippen LogP contribution in [-0.2, 0) is 0 Å². The van der Waals surface area contributed by atoms with Gasteiger partial charge in [0.2, 0.25) is 0 Å². The third-order valence-electron chi connectivity index (χ3n) is 4.77. The zero-order valence-electron chi connectivity index (χ0n) is 13.3. The lowest BCUT2D eigenvalue weighted by molar-refractivity contribution is 0.205. The van der Waals surface area contributed by atoms with Crippen LogP contribution in [-0.4, -0.2) is 19.2 Å². The molecule has 118 valence electrons. The maximum Gasteiger partial charge on any atom is 0.119 e. The maximum absolute atomic E-state index is 5.85. The lowest BCUT2D eigenvalue weighted by Gasteiger charge is -2.34. The van der Waals surface area contributed by atoms with Gasteiger partial charge in [-0.3, -0.25) is 0 Å². The molecule has 0 spiro atoms. The zero-order chi connectivity index (χ0) is 15.1. The average molecular weight is 310 g/mol. The number of ether oxygens (including phenoxy) is 1. The fourth-order valence-electron chi connectivity index (χ4n) is 3.11. The number of rotatable bonds is 7. The molecule has 1 aliphatic carbocycles. The van der Waals surface area contributed by atoms with E-state index in [-0.39, 0.29) is 0 Å². The predicted octanol–water partition coefficient (Wildman–Crippen LogP) is 4.91. The van der Waals surface area contributed by atoms with Crippen molar-refractivity contribution < 1.29 is 4.74 Å². The Morgan fingerprint density at radius 3 is 2.67 bits per heavy atom. The molecule has 2 rings (SSSR count). The van der Waals surface area contributed by atoms with Crippen LogP contribution in [0.25, 0.3) is 0 Å². The summed E-state index contributed by atoms with van der Waals surface area (Å²) in [5, 5.41) is 4.49. The molecule has 0 aliphatic heterocycles. The van der Waals surface area contributed by atoms with Gasteiger partial charge in [-0.15, -0.1) is 0 Å². The van der Waals surface area contributed by atoms with Gasteiger partial charge in [0.25, 0.3) is 0 Å². The van der Waals surface area contributed by atoms with Crippen molar-refractivity contribution in [3.8, 4) is 5.75 Å². The fourth-order valence-corrected chi connectivity index (χ4v) is 3.23. The van der Waals surface area contributed by atoms with Crippen LogP contribution in [0.5, 0.6) is 5.75 Å².